The van der Waals surface area contributed by atoms with Crippen molar-refractivity contribution in [2.45, 2.75) is 18.7 Å². The van der Waals surface area contributed by atoms with Crippen molar-refractivity contribution in [1.29, 1.82) is 0 Å². The minimum Gasteiger partial charge on any atom is -0.490 e. The number of aliphatic imine (C=N–C) groups is 1. The molecule has 0 unspecified atom stereocenters. The number of amides is 1. The van der Waals surface area contributed by atoms with E-state index in [2.05, 4.69) is 10.3 Å². The van der Waals surface area contributed by atoms with Crippen LogP contribution in [0.2, 0.25) is 5.02 Å². The predicted octanol–water partition coefficient (Wildman–Crippen LogP) is 5.71. The van der Waals surface area contributed by atoms with Crippen molar-refractivity contribution in [1.82, 2.24) is 5.32 Å². The molecule has 0 aromatic heterocycles. The molecule has 1 saturated heterocycles. The second kappa shape index (κ2) is 10.6. The summed E-state index contributed by atoms with van der Waals surface area (Å²) in [7, 11) is -4.12. The molecule has 10 heteroatoms. The van der Waals surface area contributed by atoms with E-state index < -0.39 is 10.1 Å². The Kier molecular flexibility index (Phi) is 7.49. The number of amidine groups is 1. The third-order valence-corrected chi connectivity index (χ3v) is 7.20. The van der Waals surface area contributed by atoms with Crippen molar-refractivity contribution in [3.63, 3.8) is 0 Å². The van der Waals surface area contributed by atoms with Crippen molar-refractivity contribution in [3.05, 3.63) is 87.8 Å². The molecule has 1 aliphatic heterocycles. The van der Waals surface area contributed by atoms with E-state index in [0.717, 1.165) is 11.3 Å². The lowest BCUT2D eigenvalue weighted by molar-refractivity contribution is -0.115. The van der Waals surface area contributed by atoms with Crippen LogP contribution in [0, 0.1) is 6.92 Å². The van der Waals surface area contributed by atoms with Crippen LogP contribution < -0.4 is 14.2 Å². The molecule has 7 nitrogen and oxygen atoms in total. The van der Waals surface area contributed by atoms with E-state index in [-0.39, 0.29) is 33.9 Å². The van der Waals surface area contributed by atoms with Gasteiger partial charge in [-0.2, -0.15) is 8.42 Å². The number of rotatable bonds is 7. The van der Waals surface area contributed by atoms with Gasteiger partial charge in [0.25, 0.3) is 5.91 Å². The second-order valence-electron chi connectivity index (χ2n) is 7.43. The third kappa shape index (κ3) is 6.05. The molecule has 1 N–H and O–H groups in total. The molecule has 4 rings (SSSR count). The number of nitrogens with zero attached hydrogens (tertiary/aromatic N) is 1. The van der Waals surface area contributed by atoms with Gasteiger partial charge in [0, 0.05) is 0 Å². The Bertz CT molecular complexity index is 1420. The number of thioether (sulfide) groups is 1. The van der Waals surface area contributed by atoms with Gasteiger partial charge in [0.15, 0.2) is 10.9 Å². The summed E-state index contributed by atoms with van der Waals surface area (Å²) >= 11 is 7.59. The van der Waals surface area contributed by atoms with Gasteiger partial charge in [-0.1, -0.05) is 47.5 Å². The molecule has 0 bridgehead atoms. The van der Waals surface area contributed by atoms with Crippen molar-refractivity contribution >= 4 is 56.3 Å². The van der Waals surface area contributed by atoms with Crippen LogP contribution in [0.5, 0.6) is 11.5 Å². The highest BCUT2D eigenvalue weighted by Crippen LogP contribution is 2.40. The first-order chi connectivity index (χ1) is 16.7. The van der Waals surface area contributed by atoms with E-state index in [1.165, 1.54) is 30.0 Å². The van der Waals surface area contributed by atoms with Crippen molar-refractivity contribution in [2.75, 3.05) is 6.61 Å². The smallest absolute Gasteiger partial charge is 0.339 e. The molecule has 35 heavy (non-hydrogen) atoms. The van der Waals surface area contributed by atoms with Crippen LogP contribution in [0.3, 0.4) is 0 Å². The Morgan fingerprint density at radius 2 is 1.80 bits per heavy atom. The van der Waals surface area contributed by atoms with E-state index in [9.17, 15) is 13.2 Å². The summed E-state index contributed by atoms with van der Waals surface area (Å²) < 4.78 is 36.3. The molecule has 0 radical (unpaired) electrons. The van der Waals surface area contributed by atoms with Crippen LogP contribution in [0.4, 0.5) is 5.69 Å². The molecule has 1 amide bonds. The zero-order valence-electron chi connectivity index (χ0n) is 18.8. The third-order valence-electron chi connectivity index (χ3n) is 4.77. The monoisotopic (exact) mass is 528 g/mol. The lowest BCUT2D eigenvalue weighted by atomic mass is 10.2. The van der Waals surface area contributed by atoms with Gasteiger partial charge in [-0.15, -0.1) is 0 Å². The number of carbonyl (C=O) groups is 1. The van der Waals surface area contributed by atoms with Gasteiger partial charge in [-0.3, -0.25) is 4.79 Å². The Balaban J connectivity index is 1.62. The van der Waals surface area contributed by atoms with Gasteiger partial charge in [0.1, 0.15) is 4.90 Å². The molecule has 0 aliphatic carbocycles. The molecule has 1 fully saturated rings. The van der Waals surface area contributed by atoms with Crippen LogP contribution in [0.25, 0.3) is 6.08 Å². The highest BCUT2D eigenvalue weighted by Gasteiger charge is 2.25. The van der Waals surface area contributed by atoms with Crippen LogP contribution in [0.1, 0.15) is 18.1 Å². The minimum atomic E-state index is -4.12. The van der Waals surface area contributed by atoms with Crippen LogP contribution in [-0.4, -0.2) is 26.1 Å². The molecule has 0 saturated carbocycles. The van der Waals surface area contributed by atoms with Gasteiger partial charge in [-0.05, 0) is 73.6 Å². The van der Waals surface area contributed by atoms with Gasteiger partial charge in [0.05, 0.1) is 22.2 Å². The molecule has 0 spiro atoms. The van der Waals surface area contributed by atoms with E-state index in [1.54, 1.807) is 37.3 Å². The summed E-state index contributed by atoms with van der Waals surface area (Å²) in [5.74, 6) is -0.282. The number of aryl methyl sites for hydroxylation is 1. The van der Waals surface area contributed by atoms with E-state index in [1.807, 2.05) is 31.2 Å². The maximum absolute atomic E-state index is 12.7. The average Bonchev–Trinajstić information content (AvgIpc) is 3.17. The Morgan fingerprint density at radius 3 is 2.49 bits per heavy atom. The molecular formula is C25H21ClN2O5S2. The average molecular weight is 529 g/mol. The fourth-order valence-corrected chi connectivity index (χ4v) is 5.25. The molecule has 1 heterocycles. The topological polar surface area (TPSA) is 94.1 Å². The first-order valence-corrected chi connectivity index (χ1v) is 13.2. The molecule has 180 valence electrons. The molecule has 3 aromatic carbocycles. The first-order valence-electron chi connectivity index (χ1n) is 10.6. The molecule has 3 aromatic rings. The van der Waals surface area contributed by atoms with E-state index in [0.29, 0.717) is 15.6 Å². The number of hydrogen-bond acceptors (Lipinski definition) is 7. The summed E-state index contributed by atoms with van der Waals surface area (Å²) in [5, 5.41) is 3.22. The number of benzene rings is 3. The maximum Gasteiger partial charge on any atom is 0.339 e. The van der Waals surface area contributed by atoms with Crippen molar-refractivity contribution in [2.24, 2.45) is 4.99 Å². The van der Waals surface area contributed by atoms with Crippen molar-refractivity contribution in [3.8, 4) is 11.5 Å². The fourth-order valence-electron chi connectivity index (χ4n) is 3.13. The van der Waals surface area contributed by atoms with E-state index >= 15 is 0 Å². The van der Waals surface area contributed by atoms with Gasteiger partial charge in [0.2, 0.25) is 5.75 Å². The predicted molar refractivity (Wildman–Crippen MR) is 139 cm³/mol. The normalized spacial score (nSPS) is 15.9. The highest BCUT2D eigenvalue weighted by molar-refractivity contribution is 8.18. The van der Waals surface area contributed by atoms with Gasteiger partial charge in [-0.25, -0.2) is 4.99 Å². The van der Waals surface area contributed by atoms with Gasteiger partial charge < -0.3 is 14.2 Å². The Hall–Kier alpha value is -3.27. The molecular weight excluding hydrogens is 508 g/mol. The number of nitrogens with one attached hydrogen (secondary N) is 1. The lowest BCUT2D eigenvalue weighted by Gasteiger charge is -2.14. The Labute approximate surface area is 212 Å². The summed E-state index contributed by atoms with van der Waals surface area (Å²) in [6, 6.07) is 18.4. The summed E-state index contributed by atoms with van der Waals surface area (Å²) in [4.78, 5) is 17.3. The van der Waals surface area contributed by atoms with E-state index in [4.69, 9.17) is 20.5 Å². The largest absolute Gasteiger partial charge is 0.490 e. The second-order valence-corrected chi connectivity index (χ2v) is 10.4. The first kappa shape index (κ1) is 24.8. The lowest BCUT2D eigenvalue weighted by Crippen LogP contribution is -2.19. The molecule has 0 atom stereocenters. The summed E-state index contributed by atoms with van der Waals surface area (Å²) in [5.41, 5.74) is 2.38. The van der Waals surface area contributed by atoms with Crippen LogP contribution in [-0.2, 0) is 14.9 Å². The SMILES string of the molecule is CCOc1cc(/C=C2\SC(=Nc3ccc(C)cc3)NC2=O)cc(Cl)c1OS(=O)(=O)c1ccccc1. The number of halogens is 1. The minimum absolute atomic E-state index is 0.0101. The highest BCUT2D eigenvalue weighted by atomic mass is 35.5. The Morgan fingerprint density at radius 1 is 1.09 bits per heavy atom. The van der Waals surface area contributed by atoms with Crippen molar-refractivity contribution < 1.29 is 22.1 Å². The number of hydrogen-bond donors (Lipinski definition) is 1. The zero-order valence-corrected chi connectivity index (χ0v) is 21.2. The fraction of sp³-hybridized carbons (Fsp3) is 0.120. The standard InChI is InChI=1S/C25H21ClN2O5S2/c1-3-32-21-14-17(13-20(26)23(21)33-35(30,31)19-7-5-4-6-8-19)15-22-24(29)28-25(34-22)27-18-11-9-16(2)10-12-18/h4-15H,3H2,1-2H3,(H,27,28,29)/b22-15-. The number of carbonyl (C=O) groups excluding carboxylic acids is 1. The van der Waals surface area contributed by atoms with Crippen LogP contribution in [0.15, 0.2) is 81.5 Å². The number of ether oxygens (including phenoxy) is 1. The van der Waals surface area contributed by atoms with Crippen LogP contribution >= 0.6 is 23.4 Å². The summed E-state index contributed by atoms with van der Waals surface area (Å²) in [6.07, 6.45) is 1.63. The maximum atomic E-state index is 12.7. The molecule has 1 aliphatic rings. The zero-order chi connectivity index (χ0) is 25.0. The van der Waals surface area contributed by atoms with Gasteiger partial charge >= 0.3 is 10.1 Å². The summed E-state index contributed by atoms with van der Waals surface area (Å²) in [6.45, 7) is 3.99. The quantitative estimate of drug-likeness (QED) is 0.312.